The van der Waals surface area contributed by atoms with Crippen LogP contribution in [0, 0.1) is 0 Å². The van der Waals surface area contributed by atoms with Crippen LogP contribution in [-0.4, -0.2) is 23.2 Å². The first-order valence-corrected chi connectivity index (χ1v) is 4.61. The van der Waals surface area contributed by atoms with Crippen molar-refractivity contribution in [1.29, 1.82) is 0 Å². The fourth-order valence-electron chi connectivity index (χ4n) is 0.797. The van der Waals surface area contributed by atoms with Gasteiger partial charge in [0.25, 0.3) is 0 Å². The van der Waals surface area contributed by atoms with Crippen LogP contribution in [0.15, 0.2) is 12.2 Å². The van der Waals surface area contributed by atoms with Crippen molar-refractivity contribution in [3.8, 4) is 0 Å². The molecule has 0 heterocycles. The highest BCUT2D eigenvalue weighted by Gasteiger charge is 2.29. The lowest BCUT2D eigenvalue weighted by Crippen LogP contribution is -2.49. The Bertz CT molecular complexity index is 201. The van der Waals surface area contributed by atoms with E-state index in [0.717, 1.165) is 12.0 Å². The Labute approximate surface area is 79.8 Å². The summed E-state index contributed by atoms with van der Waals surface area (Å²) in [5.74, 6) is -0.807. The van der Waals surface area contributed by atoms with Crippen molar-refractivity contribution in [3.63, 3.8) is 0 Å². The molecule has 0 aromatic rings. The summed E-state index contributed by atoms with van der Waals surface area (Å²) in [7, 11) is 0. The van der Waals surface area contributed by atoms with Gasteiger partial charge >= 0.3 is 5.97 Å². The molecule has 3 nitrogen and oxygen atoms in total. The molecule has 1 atom stereocenters. The molecule has 0 aliphatic carbocycles. The molecule has 76 valence electrons. The van der Waals surface area contributed by atoms with Crippen LogP contribution in [0.2, 0.25) is 0 Å². The van der Waals surface area contributed by atoms with E-state index in [9.17, 15) is 4.79 Å². The van der Waals surface area contributed by atoms with E-state index in [0.29, 0.717) is 13.0 Å². The topological polar surface area (TPSA) is 49.3 Å². The second-order valence-corrected chi connectivity index (χ2v) is 3.45. The molecule has 0 bridgehead atoms. The molecule has 3 heteroatoms. The van der Waals surface area contributed by atoms with E-state index in [4.69, 9.17) is 5.11 Å². The molecule has 0 fully saturated rings. The number of hydrogen-bond acceptors (Lipinski definition) is 2. The molecule has 0 saturated heterocycles. The highest BCUT2D eigenvalue weighted by atomic mass is 16.4. The summed E-state index contributed by atoms with van der Waals surface area (Å²) in [4.78, 5) is 10.9. The van der Waals surface area contributed by atoms with Crippen molar-refractivity contribution in [3.05, 3.63) is 12.2 Å². The van der Waals surface area contributed by atoms with E-state index >= 15 is 0 Å². The summed E-state index contributed by atoms with van der Waals surface area (Å²) >= 11 is 0. The molecule has 0 aromatic heterocycles. The molecule has 0 spiro atoms. The maximum absolute atomic E-state index is 10.9. The molecule has 1 unspecified atom stereocenters. The van der Waals surface area contributed by atoms with Crippen molar-refractivity contribution in [2.75, 3.05) is 6.54 Å². The summed E-state index contributed by atoms with van der Waals surface area (Å²) in [6, 6.07) is 0. The van der Waals surface area contributed by atoms with Crippen LogP contribution in [0.4, 0.5) is 0 Å². The minimum atomic E-state index is -0.821. The van der Waals surface area contributed by atoms with Gasteiger partial charge in [-0.2, -0.15) is 0 Å². The third kappa shape index (κ3) is 3.59. The van der Waals surface area contributed by atoms with Crippen molar-refractivity contribution in [2.24, 2.45) is 0 Å². The number of rotatable bonds is 6. The largest absolute Gasteiger partial charge is 0.480 e. The Morgan fingerprint density at radius 2 is 2.08 bits per heavy atom. The van der Waals surface area contributed by atoms with E-state index in [1.54, 1.807) is 6.92 Å². The van der Waals surface area contributed by atoms with Gasteiger partial charge in [-0.3, -0.25) is 10.1 Å². The molecule has 0 aromatic carbocycles. The minimum Gasteiger partial charge on any atom is -0.480 e. The van der Waals surface area contributed by atoms with Crippen molar-refractivity contribution >= 4 is 5.97 Å². The summed E-state index contributed by atoms with van der Waals surface area (Å²) in [6.07, 6.45) is 1.45. The standard InChI is InChI=1S/C10H19NO2/c1-5-8(3)7-11-10(4,6-2)9(12)13/h11H,3,5-7H2,1-2,4H3,(H,12,13). The minimum absolute atomic E-state index is 0.569. The molecular formula is C10H19NO2. The lowest BCUT2D eigenvalue weighted by Gasteiger charge is -2.25. The predicted molar refractivity (Wildman–Crippen MR) is 53.8 cm³/mol. The molecule has 0 amide bonds. The van der Waals surface area contributed by atoms with Gasteiger partial charge in [0.05, 0.1) is 0 Å². The number of hydrogen-bond donors (Lipinski definition) is 2. The van der Waals surface area contributed by atoms with Gasteiger partial charge in [0.1, 0.15) is 5.54 Å². The first kappa shape index (κ1) is 12.2. The lowest BCUT2D eigenvalue weighted by atomic mass is 9.99. The van der Waals surface area contributed by atoms with Crippen LogP contribution in [0.1, 0.15) is 33.6 Å². The van der Waals surface area contributed by atoms with Crippen molar-refractivity contribution < 1.29 is 9.90 Å². The molecule has 0 rings (SSSR count). The SMILES string of the molecule is C=C(CC)CNC(C)(CC)C(=O)O. The van der Waals surface area contributed by atoms with Gasteiger partial charge in [0.2, 0.25) is 0 Å². The fourth-order valence-corrected chi connectivity index (χ4v) is 0.797. The smallest absolute Gasteiger partial charge is 0.323 e. The number of aliphatic carboxylic acids is 1. The maximum Gasteiger partial charge on any atom is 0.323 e. The third-order valence-electron chi connectivity index (χ3n) is 2.41. The predicted octanol–water partition coefficient (Wildman–Crippen LogP) is 1.80. The first-order chi connectivity index (χ1) is 5.96. The van der Waals surface area contributed by atoms with Crippen LogP contribution in [0.5, 0.6) is 0 Å². The second-order valence-electron chi connectivity index (χ2n) is 3.45. The van der Waals surface area contributed by atoms with Gasteiger partial charge in [-0.05, 0) is 19.8 Å². The zero-order valence-corrected chi connectivity index (χ0v) is 8.68. The average Bonchev–Trinajstić information content (AvgIpc) is 2.13. The van der Waals surface area contributed by atoms with E-state index in [1.165, 1.54) is 0 Å². The monoisotopic (exact) mass is 185 g/mol. The van der Waals surface area contributed by atoms with Gasteiger partial charge in [-0.1, -0.05) is 26.0 Å². The van der Waals surface area contributed by atoms with Gasteiger partial charge < -0.3 is 5.11 Å². The molecule has 2 N–H and O–H groups in total. The van der Waals surface area contributed by atoms with E-state index in [1.807, 2.05) is 13.8 Å². The number of carboxylic acid groups (broad SMARTS) is 1. The quantitative estimate of drug-likeness (QED) is 0.620. The van der Waals surface area contributed by atoms with Crippen molar-refractivity contribution in [2.45, 2.75) is 39.2 Å². The molecular weight excluding hydrogens is 166 g/mol. The van der Waals surface area contributed by atoms with Gasteiger partial charge in [0, 0.05) is 6.54 Å². The molecule has 0 aliphatic heterocycles. The fraction of sp³-hybridized carbons (Fsp3) is 0.700. The highest BCUT2D eigenvalue weighted by molar-refractivity contribution is 5.78. The van der Waals surface area contributed by atoms with Crippen LogP contribution < -0.4 is 5.32 Å². The average molecular weight is 185 g/mol. The Balaban J connectivity index is 4.13. The van der Waals surface area contributed by atoms with E-state index in [-0.39, 0.29) is 0 Å². The Hall–Kier alpha value is -0.830. The van der Waals surface area contributed by atoms with E-state index < -0.39 is 11.5 Å². The summed E-state index contributed by atoms with van der Waals surface area (Å²) < 4.78 is 0. The molecule has 13 heavy (non-hydrogen) atoms. The third-order valence-corrected chi connectivity index (χ3v) is 2.41. The zero-order chi connectivity index (χ0) is 10.5. The van der Waals surface area contributed by atoms with Crippen LogP contribution in [0.3, 0.4) is 0 Å². The van der Waals surface area contributed by atoms with Crippen LogP contribution in [-0.2, 0) is 4.79 Å². The summed E-state index contributed by atoms with van der Waals surface area (Å²) in [6.45, 7) is 9.95. The van der Waals surface area contributed by atoms with Crippen LogP contribution >= 0.6 is 0 Å². The Morgan fingerprint density at radius 1 is 1.54 bits per heavy atom. The maximum atomic E-state index is 10.9. The van der Waals surface area contributed by atoms with Gasteiger partial charge in [-0.25, -0.2) is 0 Å². The van der Waals surface area contributed by atoms with Gasteiger partial charge in [-0.15, -0.1) is 0 Å². The Morgan fingerprint density at radius 3 is 2.38 bits per heavy atom. The highest BCUT2D eigenvalue weighted by Crippen LogP contribution is 2.09. The normalized spacial score (nSPS) is 15.0. The zero-order valence-electron chi connectivity index (χ0n) is 8.68. The van der Waals surface area contributed by atoms with Crippen molar-refractivity contribution in [1.82, 2.24) is 5.32 Å². The number of nitrogens with one attached hydrogen (secondary N) is 1. The molecule has 0 radical (unpaired) electrons. The first-order valence-electron chi connectivity index (χ1n) is 4.61. The summed E-state index contributed by atoms with van der Waals surface area (Å²) in [5, 5.41) is 11.9. The van der Waals surface area contributed by atoms with Crippen LogP contribution in [0.25, 0.3) is 0 Å². The number of carboxylic acids is 1. The Kier molecular flexibility index (Phi) is 4.70. The molecule has 0 saturated carbocycles. The number of carbonyl (C=O) groups is 1. The van der Waals surface area contributed by atoms with E-state index in [2.05, 4.69) is 11.9 Å². The van der Waals surface area contributed by atoms with Gasteiger partial charge in [0.15, 0.2) is 0 Å². The molecule has 0 aliphatic rings. The summed E-state index contributed by atoms with van der Waals surface area (Å²) in [5.41, 5.74) is 0.207. The lowest BCUT2D eigenvalue weighted by molar-refractivity contribution is -0.144. The second kappa shape index (κ2) is 5.02.